The third-order valence-corrected chi connectivity index (χ3v) is 3.29. The Morgan fingerprint density at radius 3 is 2.54 bits per heavy atom. The molecular formula is C10H16O2Si. The zero-order valence-corrected chi connectivity index (χ0v) is 9.35. The molecule has 2 nitrogen and oxygen atoms in total. The number of hydrogen-bond donors (Lipinski definition) is 0. The topological polar surface area (TPSA) is 18.5 Å². The summed E-state index contributed by atoms with van der Waals surface area (Å²) in [5.41, 5.74) is 1.32. The van der Waals surface area contributed by atoms with Crippen LogP contribution < -0.4 is 0 Å². The molecule has 1 atom stereocenters. The van der Waals surface area contributed by atoms with E-state index in [9.17, 15) is 0 Å². The standard InChI is InChI=1S/C10H16O2Si/c1-11-13(2)12-9-8-10-6-4-3-5-7-10/h3-7,13H,8-9H2,1-2H3. The van der Waals surface area contributed by atoms with E-state index in [0.29, 0.717) is 0 Å². The monoisotopic (exact) mass is 196 g/mol. The van der Waals surface area contributed by atoms with Crippen molar-refractivity contribution in [3.63, 3.8) is 0 Å². The van der Waals surface area contributed by atoms with Gasteiger partial charge in [0.25, 0.3) is 0 Å². The summed E-state index contributed by atoms with van der Waals surface area (Å²) in [6, 6.07) is 10.3. The SMILES string of the molecule is CO[SiH](C)OCCc1ccccc1. The van der Waals surface area contributed by atoms with Crippen molar-refractivity contribution in [1.82, 2.24) is 0 Å². The molecule has 13 heavy (non-hydrogen) atoms. The molecule has 0 aliphatic heterocycles. The van der Waals surface area contributed by atoms with Crippen LogP contribution in [0.4, 0.5) is 0 Å². The zero-order chi connectivity index (χ0) is 9.52. The van der Waals surface area contributed by atoms with Crippen LogP contribution in [0, 0.1) is 0 Å². The molecule has 0 N–H and O–H groups in total. The van der Waals surface area contributed by atoms with E-state index >= 15 is 0 Å². The van der Waals surface area contributed by atoms with Gasteiger partial charge in [0.2, 0.25) is 0 Å². The molecule has 1 aromatic rings. The maximum Gasteiger partial charge on any atom is 0.317 e. The van der Waals surface area contributed by atoms with Crippen LogP contribution >= 0.6 is 0 Å². The molecule has 0 aromatic heterocycles. The molecule has 0 amide bonds. The zero-order valence-electron chi connectivity index (χ0n) is 8.19. The lowest BCUT2D eigenvalue weighted by Crippen LogP contribution is -2.17. The van der Waals surface area contributed by atoms with Gasteiger partial charge in [0.1, 0.15) is 0 Å². The normalized spacial score (nSPS) is 12.8. The molecule has 0 saturated heterocycles. The highest BCUT2D eigenvalue weighted by molar-refractivity contribution is 6.42. The second kappa shape index (κ2) is 5.91. The van der Waals surface area contributed by atoms with Gasteiger partial charge in [-0.05, 0) is 18.5 Å². The Morgan fingerprint density at radius 1 is 1.23 bits per heavy atom. The van der Waals surface area contributed by atoms with Crippen LogP contribution in [0.15, 0.2) is 30.3 Å². The van der Waals surface area contributed by atoms with Gasteiger partial charge in [0.05, 0.1) is 0 Å². The van der Waals surface area contributed by atoms with Crippen LogP contribution in [0.3, 0.4) is 0 Å². The molecular weight excluding hydrogens is 180 g/mol. The average Bonchev–Trinajstić information content (AvgIpc) is 2.19. The third kappa shape index (κ3) is 4.22. The first-order valence-corrected chi connectivity index (χ1v) is 6.61. The fourth-order valence-corrected chi connectivity index (χ4v) is 1.64. The summed E-state index contributed by atoms with van der Waals surface area (Å²) in [5, 5.41) is 0. The van der Waals surface area contributed by atoms with Gasteiger partial charge in [-0.3, -0.25) is 0 Å². The fraction of sp³-hybridized carbons (Fsp3) is 0.400. The molecule has 0 aliphatic carbocycles. The largest absolute Gasteiger partial charge is 0.400 e. The lowest BCUT2D eigenvalue weighted by molar-refractivity contribution is 0.237. The van der Waals surface area contributed by atoms with Crippen LogP contribution in [0.25, 0.3) is 0 Å². The molecule has 72 valence electrons. The highest BCUT2D eigenvalue weighted by atomic mass is 28.3. The first-order chi connectivity index (χ1) is 6.33. The highest BCUT2D eigenvalue weighted by Gasteiger charge is 2.01. The van der Waals surface area contributed by atoms with Crippen molar-refractivity contribution >= 4 is 9.28 Å². The van der Waals surface area contributed by atoms with Crippen molar-refractivity contribution in [3.8, 4) is 0 Å². The molecule has 1 rings (SSSR count). The number of rotatable bonds is 5. The summed E-state index contributed by atoms with van der Waals surface area (Å²) in [4.78, 5) is 0. The first-order valence-electron chi connectivity index (χ1n) is 4.51. The summed E-state index contributed by atoms with van der Waals surface area (Å²) in [5.74, 6) is 0. The number of hydrogen-bond acceptors (Lipinski definition) is 2. The Balaban J connectivity index is 2.20. The lowest BCUT2D eigenvalue weighted by atomic mass is 10.2. The van der Waals surface area contributed by atoms with E-state index in [1.165, 1.54) is 5.56 Å². The smallest absolute Gasteiger partial charge is 0.317 e. The van der Waals surface area contributed by atoms with Gasteiger partial charge in [-0.25, -0.2) is 0 Å². The molecule has 1 unspecified atom stereocenters. The van der Waals surface area contributed by atoms with Crippen LogP contribution in [0.5, 0.6) is 0 Å². The van der Waals surface area contributed by atoms with Gasteiger partial charge in [0.15, 0.2) is 0 Å². The van der Waals surface area contributed by atoms with Crippen LogP contribution in [0.1, 0.15) is 5.56 Å². The molecule has 0 spiro atoms. The van der Waals surface area contributed by atoms with E-state index < -0.39 is 9.28 Å². The Labute approximate surface area is 81.3 Å². The third-order valence-electron chi connectivity index (χ3n) is 1.92. The molecule has 3 heteroatoms. The minimum absolute atomic E-state index is 0.769. The van der Waals surface area contributed by atoms with Crippen LogP contribution in [-0.4, -0.2) is 23.0 Å². The first kappa shape index (κ1) is 10.4. The fourth-order valence-electron chi connectivity index (χ4n) is 1.06. The van der Waals surface area contributed by atoms with E-state index in [1.54, 1.807) is 7.11 Å². The molecule has 1 aromatic carbocycles. The van der Waals surface area contributed by atoms with Crippen molar-refractivity contribution in [3.05, 3.63) is 35.9 Å². The van der Waals surface area contributed by atoms with Gasteiger partial charge in [-0.15, -0.1) is 0 Å². The van der Waals surface area contributed by atoms with Crippen LogP contribution in [0.2, 0.25) is 6.55 Å². The Bertz CT molecular complexity index is 226. The maximum absolute atomic E-state index is 5.51. The Hall–Kier alpha value is -0.643. The van der Waals surface area contributed by atoms with Gasteiger partial charge >= 0.3 is 9.28 Å². The number of benzene rings is 1. The van der Waals surface area contributed by atoms with Crippen molar-refractivity contribution < 1.29 is 8.85 Å². The van der Waals surface area contributed by atoms with Crippen molar-refractivity contribution in [2.24, 2.45) is 0 Å². The quantitative estimate of drug-likeness (QED) is 0.668. The summed E-state index contributed by atoms with van der Waals surface area (Å²) in [6.45, 7) is 2.80. The average molecular weight is 196 g/mol. The van der Waals surface area contributed by atoms with Crippen molar-refractivity contribution in [1.29, 1.82) is 0 Å². The van der Waals surface area contributed by atoms with Crippen LogP contribution in [-0.2, 0) is 15.3 Å². The van der Waals surface area contributed by atoms with E-state index in [4.69, 9.17) is 8.85 Å². The second-order valence-electron chi connectivity index (χ2n) is 2.91. The molecule has 0 fully saturated rings. The van der Waals surface area contributed by atoms with E-state index in [0.717, 1.165) is 13.0 Å². The minimum Gasteiger partial charge on any atom is -0.400 e. The summed E-state index contributed by atoms with van der Waals surface area (Å²) < 4.78 is 10.6. The maximum atomic E-state index is 5.51. The molecule has 0 aliphatic rings. The minimum atomic E-state index is -1.32. The lowest BCUT2D eigenvalue weighted by Gasteiger charge is -2.08. The predicted molar refractivity (Wildman–Crippen MR) is 56.1 cm³/mol. The van der Waals surface area contributed by atoms with Gasteiger partial charge in [-0.1, -0.05) is 30.3 Å². The van der Waals surface area contributed by atoms with E-state index in [1.807, 2.05) is 24.7 Å². The van der Waals surface area contributed by atoms with E-state index in [2.05, 4.69) is 12.1 Å². The second-order valence-corrected chi connectivity index (χ2v) is 4.85. The van der Waals surface area contributed by atoms with Gasteiger partial charge in [-0.2, -0.15) is 0 Å². The summed E-state index contributed by atoms with van der Waals surface area (Å²) >= 11 is 0. The molecule has 0 heterocycles. The van der Waals surface area contributed by atoms with Gasteiger partial charge < -0.3 is 8.85 Å². The Morgan fingerprint density at radius 2 is 1.92 bits per heavy atom. The van der Waals surface area contributed by atoms with Crippen molar-refractivity contribution in [2.45, 2.75) is 13.0 Å². The van der Waals surface area contributed by atoms with Crippen molar-refractivity contribution in [2.75, 3.05) is 13.7 Å². The summed E-state index contributed by atoms with van der Waals surface area (Å²) in [7, 11) is 0.385. The Kier molecular flexibility index (Phi) is 4.75. The summed E-state index contributed by atoms with van der Waals surface area (Å²) in [6.07, 6.45) is 0.974. The molecule has 0 bridgehead atoms. The highest BCUT2D eigenvalue weighted by Crippen LogP contribution is 2.00. The molecule has 0 radical (unpaired) electrons. The van der Waals surface area contributed by atoms with Gasteiger partial charge in [0, 0.05) is 13.7 Å². The predicted octanol–water partition coefficient (Wildman–Crippen LogP) is 1.74. The molecule has 0 saturated carbocycles. The van der Waals surface area contributed by atoms with E-state index in [-0.39, 0.29) is 0 Å².